The molecule has 1 amide bonds. The van der Waals surface area contributed by atoms with Crippen molar-refractivity contribution in [1.29, 1.82) is 0 Å². The topological polar surface area (TPSA) is 88.2 Å². The van der Waals surface area contributed by atoms with E-state index in [2.05, 4.69) is 15.0 Å². The van der Waals surface area contributed by atoms with Gasteiger partial charge < -0.3 is 5.32 Å². The number of hydrogen-bond donors (Lipinski definition) is 2. The fourth-order valence-electron chi connectivity index (χ4n) is 1.93. The number of pyridine rings is 1. The number of carbonyl (C=O) groups is 1. The third kappa shape index (κ3) is 5.40. The quantitative estimate of drug-likeness (QED) is 0.763. The van der Waals surface area contributed by atoms with E-state index in [9.17, 15) is 13.2 Å². The Kier molecular flexibility index (Phi) is 5.73. The molecule has 25 heavy (non-hydrogen) atoms. The van der Waals surface area contributed by atoms with Crippen LogP contribution in [-0.2, 0) is 10.0 Å². The maximum Gasteiger partial charge on any atom is 0.256 e. The molecule has 0 fully saturated rings. The molecule has 0 aliphatic carbocycles. The first-order valence-corrected chi connectivity index (χ1v) is 9.49. The number of nitrogens with zero attached hydrogens (tertiary/aromatic N) is 1. The number of rotatable bonds is 4. The smallest absolute Gasteiger partial charge is 0.256 e. The van der Waals surface area contributed by atoms with Gasteiger partial charge >= 0.3 is 0 Å². The summed E-state index contributed by atoms with van der Waals surface area (Å²) in [6, 6.07) is 8.55. The summed E-state index contributed by atoms with van der Waals surface area (Å²) in [5.41, 5.74) is -0.350. The molecule has 0 saturated carbocycles. The van der Waals surface area contributed by atoms with Gasteiger partial charge in [0.25, 0.3) is 5.91 Å². The van der Waals surface area contributed by atoms with E-state index in [-0.39, 0.29) is 26.5 Å². The minimum atomic E-state index is -3.66. The Morgan fingerprint density at radius 2 is 1.64 bits per heavy atom. The van der Waals surface area contributed by atoms with Crippen molar-refractivity contribution in [3.63, 3.8) is 0 Å². The summed E-state index contributed by atoms with van der Waals surface area (Å²) in [6.07, 6.45) is 0. The molecule has 1 aromatic heterocycles. The summed E-state index contributed by atoms with van der Waals surface area (Å²) in [5.74, 6) is -0.352. The van der Waals surface area contributed by atoms with Crippen LogP contribution in [0.3, 0.4) is 0 Å². The Balaban J connectivity index is 2.19. The molecule has 0 saturated heterocycles. The average Bonchev–Trinajstić information content (AvgIpc) is 2.48. The first kappa shape index (κ1) is 19.7. The fraction of sp³-hybridized carbons (Fsp3) is 0.250. The fourth-order valence-corrected chi connectivity index (χ4v) is 3.65. The van der Waals surface area contributed by atoms with Gasteiger partial charge in [-0.3, -0.25) is 4.79 Å². The summed E-state index contributed by atoms with van der Waals surface area (Å²) in [7, 11) is -3.66. The summed E-state index contributed by atoms with van der Waals surface area (Å²) >= 11 is 11.7. The maximum absolute atomic E-state index is 12.2. The minimum absolute atomic E-state index is 0.0675. The molecule has 0 atom stereocenters. The summed E-state index contributed by atoms with van der Waals surface area (Å²) in [4.78, 5) is 16.2. The largest absolute Gasteiger partial charge is 0.305 e. The predicted octanol–water partition coefficient (Wildman–Crippen LogP) is 3.72. The van der Waals surface area contributed by atoms with Gasteiger partial charge in [-0.25, -0.2) is 18.1 Å². The lowest BCUT2D eigenvalue weighted by atomic mass is 10.1. The lowest BCUT2D eigenvalue weighted by Gasteiger charge is -2.20. The van der Waals surface area contributed by atoms with Crippen molar-refractivity contribution in [3.8, 4) is 0 Å². The predicted molar refractivity (Wildman–Crippen MR) is 98.7 cm³/mol. The number of nitrogens with one attached hydrogen (secondary N) is 2. The number of amides is 1. The maximum atomic E-state index is 12.2. The van der Waals surface area contributed by atoms with Crippen molar-refractivity contribution < 1.29 is 13.2 Å². The van der Waals surface area contributed by atoms with Crippen LogP contribution in [0.15, 0.2) is 41.3 Å². The highest BCUT2D eigenvalue weighted by molar-refractivity contribution is 7.89. The lowest BCUT2D eigenvalue weighted by Crippen LogP contribution is -2.40. The van der Waals surface area contributed by atoms with Gasteiger partial charge in [-0.1, -0.05) is 23.2 Å². The second-order valence-electron chi connectivity index (χ2n) is 6.30. The summed E-state index contributed by atoms with van der Waals surface area (Å²) < 4.78 is 27.0. The van der Waals surface area contributed by atoms with Crippen molar-refractivity contribution in [1.82, 2.24) is 9.71 Å². The number of anilines is 1. The number of sulfonamides is 1. The molecule has 6 nitrogen and oxygen atoms in total. The van der Waals surface area contributed by atoms with Crippen molar-refractivity contribution in [3.05, 3.63) is 52.1 Å². The van der Waals surface area contributed by atoms with E-state index in [4.69, 9.17) is 23.2 Å². The van der Waals surface area contributed by atoms with Crippen molar-refractivity contribution >= 4 is 45.0 Å². The van der Waals surface area contributed by atoms with Crippen LogP contribution in [0.25, 0.3) is 0 Å². The van der Waals surface area contributed by atoms with Crippen LogP contribution in [0.5, 0.6) is 0 Å². The van der Waals surface area contributed by atoms with Gasteiger partial charge in [0.05, 0.1) is 9.92 Å². The second kappa shape index (κ2) is 7.29. The monoisotopic (exact) mass is 401 g/mol. The Bertz CT molecular complexity index is 892. The van der Waals surface area contributed by atoms with Crippen LogP contribution in [0.2, 0.25) is 10.2 Å². The first-order chi connectivity index (χ1) is 11.5. The third-order valence-electron chi connectivity index (χ3n) is 2.91. The highest BCUT2D eigenvalue weighted by Gasteiger charge is 2.22. The first-order valence-electron chi connectivity index (χ1n) is 7.25. The molecule has 0 spiro atoms. The van der Waals surface area contributed by atoms with Gasteiger partial charge in [-0.05, 0) is 57.2 Å². The number of halogens is 2. The lowest BCUT2D eigenvalue weighted by molar-refractivity contribution is 0.102. The Labute approximate surface area is 156 Å². The van der Waals surface area contributed by atoms with Gasteiger partial charge in [0.2, 0.25) is 10.0 Å². The molecule has 2 N–H and O–H groups in total. The van der Waals surface area contributed by atoms with Crippen LogP contribution in [0.1, 0.15) is 31.1 Å². The molecule has 0 aliphatic rings. The molecule has 9 heteroatoms. The van der Waals surface area contributed by atoms with Crippen LogP contribution in [0, 0.1) is 0 Å². The molecule has 0 unspecified atom stereocenters. The molecule has 0 radical (unpaired) electrons. The summed E-state index contributed by atoms with van der Waals surface area (Å²) in [6.45, 7) is 5.23. The van der Waals surface area contributed by atoms with Gasteiger partial charge in [-0.2, -0.15) is 0 Å². The molecule has 134 valence electrons. The zero-order valence-corrected chi connectivity index (χ0v) is 16.1. The van der Waals surface area contributed by atoms with Gasteiger partial charge in [0, 0.05) is 11.1 Å². The average molecular weight is 402 g/mol. The van der Waals surface area contributed by atoms with Crippen LogP contribution in [-0.4, -0.2) is 24.8 Å². The molecular weight excluding hydrogens is 385 g/mol. The zero-order chi connectivity index (χ0) is 18.8. The number of aromatic nitrogens is 1. The van der Waals surface area contributed by atoms with E-state index in [1.807, 2.05) is 0 Å². The van der Waals surface area contributed by atoms with E-state index in [1.54, 1.807) is 20.8 Å². The SMILES string of the molecule is CC(C)(C)NS(=O)(=O)c1ccc(C(=O)Nc2nc(Cl)ccc2Cl)cc1. The molecule has 0 bridgehead atoms. The van der Waals surface area contributed by atoms with E-state index in [0.717, 1.165) is 0 Å². The standard InChI is InChI=1S/C16H17Cl2N3O3S/c1-16(2,3)21-25(23,24)11-6-4-10(5-7-11)15(22)20-14-12(17)8-9-13(18)19-14/h4-9,21H,1-3H3,(H,19,20,22). The van der Waals surface area contributed by atoms with Crippen LogP contribution < -0.4 is 10.0 Å². The highest BCUT2D eigenvalue weighted by atomic mass is 35.5. The van der Waals surface area contributed by atoms with Crippen molar-refractivity contribution in [2.75, 3.05) is 5.32 Å². The van der Waals surface area contributed by atoms with E-state index < -0.39 is 21.5 Å². The Hall–Kier alpha value is -1.67. The number of benzene rings is 1. The van der Waals surface area contributed by atoms with E-state index in [0.29, 0.717) is 0 Å². The zero-order valence-electron chi connectivity index (χ0n) is 13.8. The van der Waals surface area contributed by atoms with Crippen molar-refractivity contribution in [2.45, 2.75) is 31.2 Å². The molecule has 2 rings (SSSR count). The van der Waals surface area contributed by atoms with Crippen molar-refractivity contribution in [2.24, 2.45) is 0 Å². The van der Waals surface area contributed by atoms with E-state index >= 15 is 0 Å². The van der Waals surface area contributed by atoms with Crippen LogP contribution >= 0.6 is 23.2 Å². The third-order valence-corrected chi connectivity index (χ3v) is 5.20. The Morgan fingerprint density at radius 3 is 2.20 bits per heavy atom. The number of carbonyl (C=O) groups excluding carboxylic acids is 1. The number of hydrogen-bond acceptors (Lipinski definition) is 4. The molecule has 1 aromatic carbocycles. The van der Waals surface area contributed by atoms with Gasteiger partial charge in [-0.15, -0.1) is 0 Å². The van der Waals surface area contributed by atoms with E-state index in [1.165, 1.54) is 36.4 Å². The second-order valence-corrected chi connectivity index (χ2v) is 8.78. The van der Waals surface area contributed by atoms with Gasteiger partial charge in [0.1, 0.15) is 5.15 Å². The van der Waals surface area contributed by atoms with Gasteiger partial charge in [0.15, 0.2) is 5.82 Å². The highest BCUT2D eigenvalue weighted by Crippen LogP contribution is 2.22. The molecule has 2 aromatic rings. The normalized spacial score (nSPS) is 12.0. The Morgan fingerprint density at radius 1 is 1.04 bits per heavy atom. The minimum Gasteiger partial charge on any atom is -0.305 e. The molecule has 0 aliphatic heterocycles. The van der Waals surface area contributed by atoms with Crippen LogP contribution in [0.4, 0.5) is 5.82 Å². The molecule has 1 heterocycles. The summed E-state index contributed by atoms with van der Waals surface area (Å²) in [5, 5.41) is 2.96. The molecular formula is C16H17Cl2N3O3S.